The van der Waals surface area contributed by atoms with Crippen molar-refractivity contribution >= 4 is 11.5 Å². The molecule has 1 aliphatic rings. The molecule has 0 radical (unpaired) electrons. The van der Waals surface area contributed by atoms with Gasteiger partial charge in [-0.25, -0.2) is 4.79 Å². The van der Waals surface area contributed by atoms with Crippen molar-refractivity contribution in [2.24, 2.45) is 14.1 Å². The van der Waals surface area contributed by atoms with Crippen LogP contribution in [0.4, 0.5) is 11.5 Å². The number of hydrogen-bond acceptors (Lipinski definition) is 8. The van der Waals surface area contributed by atoms with Gasteiger partial charge in [0.05, 0.1) is 24.7 Å². The Hall–Kier alpha value is -3.34. The Kier molecular flexibility index (Phi) is 6.95. The molecule has 1 aromatic carbocycles. The molecular weight excluding hydrogens is 406 g/mol. The number of rotatable bonds is 8. The Bertz CT molecular complexity index is 1060. The maximum absolute atomic E-state index is 12.1. The summed E-state index contributed by atoms with van der Waals surface area (Å²) in [5.74, 6) is 1.45. The molecule has 1 saturated heterocycles. The molecule has 11 heteroatoms. The molecule has 0 N–H and O–H groups in total. The van der Waals surface area contributed by atoms with Crippen LogP contribution in [-0.4, -0.2) is 65.4 Å². The highest BCUT2D eigenvalue weighted by Gasteiger charge is 2.20. The van der Waals surface area contributed by atoms with E-state index in [9.17, 15) is 19.7 Å². The molecular formula is C20H27N5O6. The van der Waals surface area contributed by atoms with Crippen molar-refractivity contribution in [3.8, 4) is 11.5 Å². The average molecular weight is 433 g/mol. The van der Waals surface area contributed by atoms with Crippen molar-refractivity contribution in [1.82, 2.24) is 14.0 Å². The molecule has 2 aromatic rings. The molecule has 0 aliphatic carbocycles. The van der Waals surface area contributed by atoms with Crippen LogP contribution in [0.3, 0.4) is 0 Å². The van der Waals surface area contributed by atoms with Crippen LogP contribution in [0.25, 0.3) is 0 Å². The summed E-state index contributed by atoms with van der Waals surface area (Å²) < 4.78 is 13.5. The topological polar surface area (TPSA) is 112 Å². The first-order valence-electron chi connectivity index (χ1n) is 10.0. The van der Waals surface area contributed by atoms with Crippen molar-refractivity contribution in [2.45, 2.75) is 6.42 Å². The largest absolute Gasteiger partial charge is 0.493 e. The first-order valence-corrected chi connectivity index (χ1v) is 10.0. The van der Waals surface area contributed by atoms with Gasteiger partial charge in [-0.15, -0.1) is 0 Å². The average Bonchev–Trinajstić information content (AvgIpc) is 2.78. The molecule has 0 amide bonds. The molecule has 0 unspecified atom stereocenters. The normalized spacial score (nSPS) is 14.5. The zero-order valence-electron chi connectivity index (χ0n) is 17.9. The van der Waals surface area contributed by atoms with Crippen LogP contribution in [0, 0.1) is 10.1 Å². The second-order valence-corrected chi connectivity index (χ2v) is 7.36. The SMILES string of the molecule is COc1ccc([N+](=O)[O-])cc1OCCCN1CCN(c2cc(=O)n(C)c(=O)n2C)CC1. The highest BCUT2D eigenvalue weighted by atomic mass is 16.6. The van der Waals surface area contributed by atoms with Crippen molar-refractivity contribution in [3.05, 3.63) is 55.2 Å². The third kappa shape index (κ3) is 5.05. The molecule has 0 saturated carbocycles. The quantitative estimate of drug-likeness (QED) is 0.338. The number of hydrogen-bond donors (Lipinski definition) is 0. The van der Waals surface area contributed by atoms with E-state index >= 15 is 0 Å². The number of nitro benzene ring substituents is 1. The highest BCUT2D eigenvalue weighted by molar-refractivity contribution is 5.48. The molecule has 0 atom stereocenters. The van der Waals surface area contributed by atoms with Gasteiger partial charge in [0.2, 0.25) is 0 Å². The van der Waals surface area contributed by atoms with E-state index < -0.39 is 4.92 Å². The fourth-order valence-electron chi connectivity index (χ4n) is 3.59. The van der Waals surface area contributed by atoms with Gasteiger partial charge in [-0.3, -0.25) is 28.9 Å². The van der Waals surface area contributed by atoms with Gasteiger partial charge in [-0.2, -0.15) is 0 Å². The fourth-order valence-corrected chi connectivity index (χ4v) is 3.59. The lowest BCUT2D eigenvalue weighted by Crippen LogP contribution is -2.49. The number of nitro groups is 1. The summed E-state index contributed by atoms with van der Waals surface area (Å²) in [5, 5.41) is 11.0. The minimum Gasteiger partial charge on any atom is -0.493 e. The summed E-state index contributed by atoms with van der Waals surface area (Å²) in [6, 6.07) is 5.77. The van der Waals surface area contributed by atoms with E-state index in [0.717, 1.165) is 30.6 Å². The van der Waals surface area contributed by atoms with Gasteiger partial charge >= 0.3 is 5.69 Å². The first kappa shape index (κ1) is 22.3. The molecule has 31 heavy (non-hydrogen) atoms. The lowest BCUT2D eigenvalue weighted by molar-refractivity contribution is -0.385. The second-order valence-electron chi connectivity index (χ2n) is 7.36. The summed E-state index contributed by atoms with van der Waals surface area (Å²) in [6.07, 6.45) is 0.746. The van der Waals surface area contributed by atoms with E-state index in [4.69, 9.17) is 9.47 Å². The zero-order valence-corrected chi connectivity index (χ0v) is 17.9. The minimum atomic E-state index is -0.468. The molecule has 0 spiro atoms. The van der Waals surface area contributed by atoms with Gasteiger partial charge in [0.1, 0.15) is 5.82 Å². The van der Waals surface area contributed by atoms with Crippen molar-refractivity contribution < 1.29 is 14.4 Å². The van der Waals surface area contributed by atoms with Crippen LogP contribution in [0.15, 0.2) is 33.9 Å². The Morgan fingerprint density at radius 3 is 2.39 bits per heavy atom. The van der Waals surface area contributed by atoms with Crippen molar-refractivity contribution in [1.29, 1.82) is 0 Å². The summed E-state index contributed by atoms with van der Waals surface area (Å²) >= 11 is 0. The number of aromatic nitrogens is 2. The van der Waals surface area contributed by atoms with Crippen LogP contribution >= 0.6 is 0 Å². The standard InChI is InChI=1S/C20H27N5O6/c1-21-18(14-19(26)22(2)20(21)27)24-10-8-23(9-11-24)7-4-12-31-17-13-15(25(28)29)5-6-16(17)30-3/h5-6,13-14H,4,7-12H2,1-3H3. The maximum atomic E-state index is 12.1. The predicted octanol–water partition coefficient (Wildman–Crippen LogP) is 0.592. The van der Waals surface area contributed by atoms with Gasteiger partial charge in [-0.1, -0.05) is 0 Å². The minimum absolute atomic E-state index is 0.0444. The number of methoxy groups -OCH3 is 1. The number of nitrogens with zero attached hydrogens (tertiary/aromatic N) is 5. The third-order valence-electron chi connectivity index (χ3n) is 5.43. The fraction of sp³-hybridized carbons (Fsp3) is 0.500. The van der Waals surface area contributed by atoms with E-state index in [1.54, 1.807) is 7.05 Å². The first-order chi connectivity index (χ1) is 14.8. The lowest BCUT2D eigenvalue weighted by atomic mass is 10.2. The Morgan fingerprint density at radius 1 is 1.03 bits per heavy atom. The van der Waals surface area contributed by atoms with E-state index in [2.05, 4.69) is 4.90 Å². The van der Waals surface area contributed by atoms with Gasteiger partial charge < -0.3 is 14.4 Å². The van der Waals surface area contributed by atoms with Crippen molar-refractivity contribution in [2.75, 3.05) is 51.3 Å². The Balaban J connectivity index is 1.50. The number of non-ortho nitro benzene ring substituents is 1. The summed E-state index contributed by atoms with van der Waals surface area (Å²) in [4.78, 5) is 38.9. The molecule has 1 aromatic heterocycles. The van der Waals surface area contributed by atoms with Gasteiger partial charge in [0, 0.05) is 59.0 Å². The van der Waals surface area contributed by atoms with Gasteiger partial charge in [0.25, 0.3) is 11.2 Å². The molecule has 168 valence electrons. The van der Waals surface area contributed by atoms with E-state index in [1.807, 2.05) is 4.90 Å². The molecule has 1 aliphatic heterocycles. The monoisotopic (exact) mass is 433 g/mol. The van der Waals surface area contributed by atoms with Gasteiger partial charge in [-0.05, 0) is 12.5 Å². The number of anilines is 1. The van der Waals surface area contributed by atoms with E-state index in [-0.39, 0.29) is 16.9 Å². The Morgan fingerprint density at radius 2 is 1.74 bits per heavy atom. The van der Waals surface area contributed by atoms with Crippen LogP contribution in [-0.2, 0) is 14.1 Å². The number of benzene rings is 1. The van der Waals surface area contributed by atoms with Crippen LogP contribution in [0.5, 0.6) is 11.5 Å². The molecule has 2 heterocycles. The summed E-state index contributed by atoms with van der Waals surface area (Å²) in [6.45, 7) is 4.22. The van der Waals surface area contributed by atoms with E-state index in [0.29, 0.717) is 37.0 Å². The molecule has 1 fully saturated rings. The maximum Gasteiger partial charge on any atom is 0.332 e. The third-order valence-corrected chi connectivity index (χ3v) is 5.43. The number of piperazine rings is 1. The summed E-state index contributed by atoms with van der Waals surface area (Å²) in [5.41, 5.74) is -0.690. The Labute approximate surface area is 179 Å². The molecule has 11 nitrogen and oxygen atoms in total. The van der Waals surface area contributed by atoms with Crippen LogP contribution in [0.1, 0.15) is 6.42 Å². The number of ether oxygens (including phenoxy) is 2. The molecule has 3 rings (SSSR count). The smallest absolute Gasteiger partial charge is 0.332 e. The van der Waals surface area contributed by atoms with Gasteiger partial charge in [0.15, 0.2) is 11.5 Å². The highest BCUT2D eigenvalue weighted by Crippen LogP contribution is 2.31. The van der Waals surface area contributed by atoms with Crippen LogP contribution in [0.2, 0.25) is 0 Å². The predicted molar refractivity (Wildman–Crippen MR) is 115 cm³/mol. The van der Waals surface area contributed by atoms with Crippen molar-refractivity contribution in [3.63, 3.8) is 0 Å². The lowest BCUT2D eigenvalue weighted by Gasteiger charge is -2.36. The zero-order chi connectivity index (χ0) is 22.5. The summed E-state index contributed by atoms with van der Waals surface area (Å²) in [7, 11) is 4.63. The second kappa shape index (κ2) is 9.65. The molecule has 0 bridgehead atoms. The van der Waals surface area contributed by atoms with E-state index in [1.165, 1.54) is 43.0 Å². The van der Waals surface area contributed by atoms with Crippen LogP contribution < -0.4 is 25.6 Å².